The molecule has 4 N–H and O–H groups in total. The Morgan fingerprint density at radius 3 is 2.63 bits per heavy atom. The normalized spacial score (nSPS) is 10.9. The van der Waals surface area contributed by atoms with Gasteiger partial charge in [-0.3, -0.25) is 9.59 Å². The van der Waals surface area contributed by atoms with Crippen molar-refractivity contribution in [2.24, 2.45) is 5.73 Å². The van der Waals surface area contributed by atoms with Crippen molar-refractivity contribution >= 4 is 29.2 Å². The molecule has 0 radical (unpaired) electrons. The van der Waals surface area contributed by atoms with Gasteiger partial charge in [-0.1, -0.05) is 11.6 Å². The first-order valence-corrected chi connectivity index (χ1v) is 6.17. The van der Waals surface area contributed by atoms with Crippen LogP contribution in [0.5, 0.6) is 0 Å². The van der Waals surface area contributed by atoms with Gasteiger partial charge in [0, 0.05) is 12.7 Å². The molecule has 1 heterocycles. The van der Waals surface area contributed by atoms with Crippen molar-refractivity contribution in [3.05, 3.63) is 22.8 Å². The van der Waals surface area contributed by atoms with Crippen molar-refractivity contribution in [1.82, 2.24) is 10.3 Å². The summed E-state index contributed by atoms with van der Waals surface area (Å²) in [5.41, 5.74) is 4.29. The van der Waals surface area contributed by atoms with Crippen LogP contribution < -0.4 is 16.4 Å². The van der Waals surface area contributed by atoms with Crippen LogP contribution in [-0.2, 0) is 4.79 Å². The van der Waals surface area contributed by atoms with Crippen molar-refractivity contribution in [3.8, 4) is 0 Å². The second kappa shape index (κ2) is 5.88. The van der Waals surface area contributed by atoms with Crippen molar-refractivity contribution in [2.75, 3.05) is 11.9 Å². The third-order valence-corrected chi connectivity index (χ3v) is 2.80. The number of hydrogen-bond acceptors (Lipinski definition) is 4. The second-order valence-corrected chi connectivity index (χ2v) is 4.93. The lowest BCUT2D eigenvalue weighted by Crippen LogP contribution is -2.53. The fraction of sp³-hybridized carbons (Fsp3) is 0.417. The lowest BCUT2D eigenvalue weighted by Gasteiger charge is -2.22. The Labute approximate surface area is 116 Å². The van der Waals surface area contributed by atoms with Gasteiger partial charge in [-0.2, -0.15) is 0 Å². The monoisotopic (exact) mass is 284 g/mol. The van der Waals surface area contributed by atoms with Gasteiger partial charge in [0.1, 0.15) is 11.4 Å². The Bertz CT molecular complexity index is 503. The Morgan fingerprint density at radius 2 is 2.11 bits per heavy atom. The van der Waals surface area contributed by atoms with Crippen LogP contribution in [-0.4, -0.2) is 28.9 Å². The van der Waals surface area contributed by atoms with E-state index in [0.29, 0.717) is 12.4 Å². The van der Waals surface area contributed by atoms with E-state index in [1.54, 1.807) is 0 Å². The van der Waals surface area contributed by atoms with Gasteiger partial charge in [0.2, 0.25) is 5.91 Å². The molecule has 2 amide bonds. The molecule has 7 heteroatoms. The third kappa shape index (κ3) is 3.82. The minimum absolute atomic E-state index is 0.208. The lowest BCUT2D eigenvalue weighted by molar-refractivity contribution is -0.122. The number of nitrogens with zero attached hydrogens (tertiary/aromatic N) is 1. The molecule has 0 unspecified atom stereocenters. The van der Waals surface area contributed by atoms with Gasteiger partial charge in [-0.25, -0.2) is 4.98 Å². The molecule has 0 spiro atoms. The highest BCUT2D eigenvalue weighted by molar-refractivity contribution is 6.33. The van der Waals surface area contributed by atoms with Gasteiger partial charge in [-0.15, -0.1) is 0 Å². The molecule has 0 fully saturated rings. The molecule has 0 saturated heterocycles. The van der Waals surface area contributed by atoms with E-state index in [-0.39, 0.29) is 10.6 Å². The summed E-state index contributed by atoms with van der Waals surface area (Å²) in [4.78, 5) is 27.3. The molecule has 0 aliphatic heterocycles. The molecule has 6 nitrogen and oxygen atoms in total. The average molecular weight is 285 g/mol. The average Bonchev–Trinajstić information content (AvgIpc) is 2.31. The fourth-order valence-corrected chi connectivity index (χ4v) is 1.49. The second-order valence-electron chi connectivity index (χ2n) is 4.52. The van der Waals surface area contributed by atoms with E-state index >= 15 is 0 Å². The van der Waals surface area contributed by atoms with Crippen LogP contribution in [0.3, 0.4) is 0 Å². The molecule has 0 atom stereocenters. The van der Waals surface area contributed by atoms with Crippen LogP contribution in [0.4, 0.5) is 5.82 Å². The number of carbonyl (C=O) groups excluding carboxylic acids is 2. The predicted octanol–water partition coefficient (Wildman–Crippen LogP) is 1.16. The number of halogens is 1. The highest BCUT2D eigenvalue weighted by Crippen LogP contribution is 2.18. The molecule has 1 aromatic rings. The number of nitrogens with one attached hydrogen (secondary N) is 2. The number of carbonyl (C=O) groups is 2. The summed E-state index contributed by atoms with van der Waals surface area (Å²) in [6.07, 6.45) is 1.38. The molecular weight excluding hydrogens is 268 g/mol. The van der Waals surface area contributed by atoms with E-state index < -0.39 is 17.4 Å². The minimum atomic E-state index is -1.15. The molecular formula is C12H17ClN4O2. The molecule has 1 rings (SSSR count). The van der Waals surface area contributed by atoms with Gasteiger partial charge in [0.25, 0.3) is 5.91 Å². The van der Waals surface area contributed by atoms with E-state index in [9.17, 15) is 9.59 Å². The molecule has 0 aromatic carbocycles. The lowest BCUT2D eigenvalue weighted by atomic mass is 10.0. The van der Waals surface area contributed by atoms with Crippen LogP contribution in [0.25, 0.3) is 0 Å². The number of amides is 2. The Hall–Kier alpha value is -1.82. The van der Waals surface area contributed by atoms with Crippen LogP contribution in [0.15, 0.2) is 12.3 Å². The zero-order chi connectivity index (χ0) is 14.6. The van der Waals surface area contributed by atoms with Gasteiger partial charge in [0.15, 0.2) is 0 Å². The molecule has 0 saturated carbocycles. The van der Waals surface area contributed by atoms with Crippen molar-refractivity contribution in [3.63, 3.8) is 0 Å². The van der Waals surface area contributed by atoms with Gasteiger partial charge in [0.05, 0.1) is 10.6 Å². The van der Waals surface area contributed by atoms with Crippen LogP contribution in [0.2, 0.25) is 5.02 Å². The summed E-state index contributed by atoms with van der Waals surface area (Å²) < 4.78 is 0. The van der Waals surface area contributed by atoms with Gasteiger partial charge in [-0.05, 0) is 26.8 Å². The fourth-order valence-electron chi connectivity index (χ4n) is 1.30. The van der Waals surface area contributed by atoms with Gasteiger partial charge >= 0.3 is 0 Å². The summed E-state index contributed by atoms with van der Waals surface area (Å²) in [6, 6.07) is 1.53. The number of rotatable bonds is 5. The maximum atomic E-state index is 12.1. The quantitative estimate of drug-likeness (QED) is 0.756. The Balaban J connectivity index is 2.99. The minimum Gasteiger partial charge on any atom is -0.370 e. The van der Waals surface area contributed by atoms with Crippen LogP contribution in [0, 0.1) is 0 Å². The number of pyridine rings is 1. The summed E-state index contributed by atoms with van der Waals surface area (Å²) in [7, 11) is 0. The van der Waals surface area contributed by atoms with Crippen molar-refractivity contribution in [1.29, 1.82) is 0 Å². The Kier molecular flexibility index (Phi) is 4.72. The molecule has 0 aliphatic carbocycles. The molecule has 1 aromatic heterocycles. The van der Waals surface area contributed by atoms with Crippen molar-refractivity contribution in [2.45, 2.75) is 26.3 Å². The maximum absolute atomic E-state index is 12.1. The van der Waals surface area contributed by atoms with E-state index in [4.69, 9.17) is 17.3 Å². The zero-order valence-corrected chi connectivity index (χ0v) is 11.8. The van der Waals surface area contributed by atoms with E-state index in [1.165, 1.54) is 26.1 Å². The third-order valence-electron chi connectivity index (χ3n) is 2.50. The van der Waals surface area contributed by atoms with E-state index in [0.717, 1.165) is 0 Å². The first-order chi connectivity index (χ1) is 8.77. The summed E-state index contributed by atoms with van der Waals surface area (Å²) in [5, 5.41) is 5.71. The molecule has 0 aliphatic rings. The predicted molar refractivity (Wildman–Crippen MR) is 74.2 cm³/mol. The summed E-state index contributed by atoms with van der Waals surface area (Å²) in [5.74, 6) is -0.567. The highest BCUT2D eigenvalue weighted by Gasteiger charge is 2.28. The van der Waals surface area contributed by atoms with Gasteiger partial charge < -0.3 is 16.4 Å². The molecule has 19 heavy (non-hydrogen) atoms. The zero-order valence-electron chi connectivity index (χ0n) is 11.1. The number of hydrogen-bond donors (Lipinski definition) is 3. The molecule has 104 valence electrons. The summed E-state index contributed by atoms with van der Waals surface area (Å²) in [6.45, 7) is 5.62. The molecule has 0 bridgehead atoms. The Morgan fingerprint density at radius 1 is 1.47 bits per heavy atom. The van der Waals surface area contributed by atoms with Crippen LogP contribution in [0.1, 0.15) is 31.1 Å². The van der Waals surface area contributed by atoms with Crippen LogP contribution >= 0.6 is 11.6 Å². The number of aromatic nitrogens is 1. The standard InChI is InChI=1S/C12H17ClN4O2/c1-4-15-9-5-7(8(13)6-16-9)10(18)17-12(2,3)11(14)19/h5-6H,4H2,1-3H3,(H2,14,19)(H,15,16)(H,17,18). The number of nitrogens with two attached hydrogens (primary N) is 1. The van der Waals surface area contributed by atoms with E-state index in [2.05, 4.69) is 15.6 Å². The largest absolute Gasteiger partial charge is 0.370 e. The maximum Gasteiger partial charge on any atom is 0.253 e. The number of anilines is 1. The number of primary amides is 1. The first kappa shape index (κ1) is 15.2. The van der Waals surface area contributed by atoms with Crippen molar-refractivity contribution < 1.29 is 9.59 Å². The topological polar surface area (TPSA) is 97.1 Å². The SMILES string of the molecule is CCNc1cc(C(=O)NC(C)(C)C(N)=O)c(Cl)cn1. The van der Waals surface area contributed by atoms with E-state index in [1.807, 2.05) is 6.92 Å². The summed E-state index contributed by atoms with van der Waals surface area (Å²) >= 11 is 5.93. The smallest absolute Gasteiger partial charge is 0.253 e. The first-order valence-electron chi connectivity index (χ1n) is 5.79. The highest BCUT2D eigenvalue weighted by atomic mass is 35.5.